The standard InChI is InChI=1S/C24H25NO2Si/c26-21-13-2-1-12-20-25-27-28(22-14-6-3-7-15-22,23-16-8-4-9-17-23)24-18-10-5-11-19-24/h3-12,14-21,25H,1-2,13H2. The van der Waals surface area contributed by atoms with Gasteiger partial charge in [0, 0.05) is 12.6 Å². The molecule has 142 valence electrons. The molecule has 0 atom stereocenters. The van der Waals surface area contributed by atoms with Crippen molar-refractivity contribution in [3.8, 4) is 0 Å². The van der Waals surface area contributed by atoms with Crippen LogP contribution in [0.2, 0.25) is 0 Å². The van der Waals surface area contributed by atoms with E-state index in [4.69, 9.17) is 4.53 Å². The van der Waals surface area contributed by atoms with E-state index in [2.05, 4.69) is 78.3 Å². The molecule has 0 aromatic heterocycles. The van der Waals surface area contributed by atoms with Gasteiger partial charge in [-0.05, 0) is 28.4 Å². The van der Waals surface area contributed by atoms with E-state index < -0.39 is 8.32 Å². The molecule has 3 nitrogen and oxygen atoms in total. The zero-order chi connectivity index (χ0) is 19.5. The summed E-state index contributed by atoms with van der Waals surface area (Å²) in [4.78, 5) is 10.4. The van der Waals surface area contributed by atoms with Gasteiger partial charge in [0.25, 0.3) is 0 Å². The van der Waals surface area contributed by atoms with Crippen LogP contribution in [-0.4, -0.2) is 14.6 Å². The van der Waals surface area contributed by atoms with Crippen LogP contribution >= 0.6 is 0 Å². The van der Waals surface area contributed by atoms with E-state index in [1.807, 2.05) is 30.5 Å². The third kappa shape index (κ3) is 4.66. The summed E-state index contributed by atoms with van der Waals surface area (Å²) in [5.41, 5.74) is 3.09. The fourth-order valence-corrected chi connectivity index (χ4v) is 6.85. The number of benzene rings is 3. The third-order valence-electron chi connectivity index (χ3n) is 4.63. The number of allylic oxidation sites excluding steroid dienone is 1. The van der Waals surface area contributed by atoms with Crippen LogP contribution in [0.4, 0.5) is 0 Å². The van der Waals surface area contributed by atoms with Crippen molar-refractivity contribution in [2.24, 2.45) is 0 Å². The molecule has 0 bridgehead atoms. The van der Waals surface area contributed by atoms with Crippen molar-refractivity contribution in [2.75, 3.05) is 0 Å². The summed E-state index contributed by atoms with van der Waals surface area (Å²) < 4.78 is 6.53. The molecule has 0 saturated carbocycles. The minimum Gasteiger partial charge on any atom is -0.306 e. The van der Waals surface area contributed by atoms with Gasteiger partial charge in [-0.25, -0.2) is 0 Å². The maximum atomic E-state index is 10.4. The van der Waals surface area contributed by atoms with E-state index in [0.29, 0.717) is 6.42 Å². The minimum absolute atomic E-state index is 0.585. The SMILES string of the molecule is O=CCCCC=CNO[Si](c1ccccc1)(c1ccccc1)c1ccccc1. The number of hydrogen-bond acceptors (Lipinski definition) is 3. The maximum absolute atomic E-state index is 10.4. The van der Waals surface area contributed by atoms with Crippen LogP contribution in [0.1, 0.15) is 19.3 Å². The summed E-state index contributed by atoms with van der Waals surface area (Å²) in [6.45, 7) is 0. The van der Waals surface area contributed by atoms with Crippen molar-refractivity contribution >= 4 is 30.2 Å². The topological polar surface area (TPSA) is 38.3 Å². The van der Waals surface area contributed by atoms with Gasteiger partial charge in [-0.15, -0.1) is 0 Å². The Morgan fingerprint density at radius 2 is 1.18 bits per heavy atom. The van der Waals surface area contributed by atoms with Gasteiger partial charge in [-0.3, -0.25) is 5.48 Å². The average Bonchev–Trinajstić information content (AvgIpc) is 2.78. The molecule has 0 aliphatic heterocycles. The van der Waals surface area contributed by atoms with Gasteiger partial charge in [-0.2, -0.15) is 0 Å². The number of carbonyl (C=O) groups is 1. The fourth-order valence-electron chi connectivity index (χ4n) is 3.27. The molecule has 0 heterocycles. The highest BCUT2D eigenvalue weighted by Gasteiger charge is 2.42. The Morgan fingerprint density at radius 3 is 1.61 bits per heavy atom. The van der Waals surface area contributed by atoms with Gasteiger partial charge in [-0.1, -0.05) is 97.1 Å². The highest BCUT2D eigenvalue weighted by Crippen LogP contribution is 2.08. The van der Waals surface area contributed by atoms with Crippen molar-refractivity contribution in [3.63, 3.8) is 0 Å². The minimum atomic E-state index is -2.72. The zero-order valence-corrected chi connectivity index (χ0v) is 16.8. The summed E-state index contributed by atoms with van der Waals surface area (Å²) in [5, 5.41) is 3.53. The smallest absolute Gasteiger partial charge is 0.306 e. The van der Waals surface area contributed by atoms with E-state index in [1.165, 1.54) is 15.6 Å². The van der Waals surface area contributed by atoms with Gasteiger partial charge in [0.15, 0.2) is 0 Å². The third-order valence-corrected chi connectivity index (χ3v) is 8.49. The highest BCUT2D eigenvalue weighted by molar-refractivity contribution is 7.07. The van der Waals surface area contributed by atoms with Gasteiger partial charge < -0.3 is 9.32 Å². The summed E-state index contributed by atoms with van der Waals surface area (Å²) >= 11 is 0. The van der Waals surface area contributed by atoms with Crippen molar-refractivity contribution in [1.29, 1.82) is 0 Å². The molecule has 0 fully saturated rings. The molecule has 0 aliphatic rings. The summed E-state index contributed by atoms with van der Waals surface area (Å²) in [6, 6.07) is 31.3. The van der Waals surface area contributed by atoms with Crippen molar-refractivity contribution < 1.29 is 9.32 Å². The predicted octanol–water partition coefficient (Wildman–Crippen LogP) is 3.06. The lowest BCUT2D eigenvalue weighted by atomic mass is 10.2. The molecular weight excluding hydrogens is 362 g/mol. The lowest BCUT2D eigenvalue weighted by molar-refractivity contribution is -0.107. The van der Waals surface area contributed by atoms with Gasteiger partial charge in [0.2, 0.25) is 0 Å². The highest BCUT2D eigenvalue weighted by atomic mass is 28.4. The normalized spacial score (nSPS) is 11.4. The van der Waals surface area contributed by atoms with E-state index in [-0.39, 0.29) is 0 Å². The molecular formula is C24H25NO2Si. The van der Waals surface area contributed by atoms with Gasteiger partial charge >= 0.3 is 8.32 Å². The van der Waals surface area contributed by atoms with Crippen molar-refractivity contribution in [2.45, 2.75) is 19.3 Å². The molecule has 0 spiro atoms. The lowest BCUT2D eigenvalue weighted by Gasteiger charge is -2.32. The number of hydrogen-bond donors (Lipinski definition) is 1. The maximum Gasteiger partial charge on any atom is 0.321 e. The molecule has 0 saturated heterocycles. The Labute approximate surface area is 167 Å². The first-order valence-electron chi connectivity index (χ1n) is 9.56. The Kier molecular flexibility index (Phi) is 7.35. The average molecular weight is 388 g/mol. The number of hydroxylamine groups is 1. The van der Waals surface area contributed by atoms with Gasteiger partial charge in [0.1, 0.15) is 6.29 Å². The second-order valence-electron chi connectivity index (χ2n) is 6.50. The fraction of sp³-hybridized carbons (Fsp3) is 0.125. The van der Waals surface area contributed by atoms with E-state index in [0.717, 1.165) is 19.1 Å². The van der Waals surface area contributed by atoms with E-state index >= 15 is 0 Å². The molecule has 3 rings (SSSR count). The first kappa shape index (κ1) is 19.8. The molecule has 0 aliphatic carbocycles. The van der Waals surface area contributed by atoms with Crippen LogP contribution in [0.5, 0.6) is 0 Å². The molecule has 4 heteroatoms. The molecule has 3 aromatic rings. The summed E-state index contributed by atoms with van der Waals surface area (Å²) in [6.07, 6.45) is 7.06. The van der Waals surface area contributed by atoms with Crippen LogP contribution < -0.4 is 21.0 Å². The molecule has 0 radical (unpaired) electrons. The largest absolute Gasteiger partial charge is 0.321 e. The van der Waals surface area contributed by atoms with Crippen molar-refractivity contribution in [3.05, 3.63) is 103 Å². The number of rotatable bonds is 10. The first-order chi connectivity index (χ1) is 13.9. The monoisotopic (exact) mass is 387 g/mol. The quantitative estimate of drug-likeness (QED) is 0.191. The molecule has 0 unspecified atom stereocenters. The van der Waals surface area contributed by atoms with Crippen LogP contribution in [0.15, 0.2) is 103 Å². The van der Waals surface area contributed by atoms with Crippen LogP contribution in [0.3, 0.4) is 0 Å². The Balaban J connectivity index is 1.98. The number of aldehydes is 1. The Morgan fingerprint density at radius 1 is 0.714 bits per heavy atom. The van der Waals surface area contributed by atoms with Crippen molar-refractivity contribution in [1.82, 2.24) is 5.48 Å². The second kappa shape index (κ2) is 10.4. The predicted molar refractivity (Wildman–Crippen MR) is 117 cm³/mol. The van der Waals surface area contributed by atoms with Crippen LogP contribution in [0, 0.1) is 0 Å². The second-order valence-corrected chi connectivity index (χ2v) is 9.80. The van der Waals surface area contributed by atoms with E-state index in [9.17, 15) is 4.79 Å². The summed E-state index contributed by atoms with van der Waals surface area (Å²) in [5.74, 6) is 0. The van der Waals surface area contributed by atoms with E-state index in [1.54, 1.807) is 0 Å². The summed E-state index contributed by atoms with van der Waals surface area (Å²) in [7, 11) is -2.72. The Hall–Kier alpha value is -2.95. The first-order valence-corrected chi connectivity index (χ1v) is 11.5. The van der Waals surface area contributed by atoms with Crippen LogP contribution in [-0.2, 0) is 9.32 Å². The van der Waals surface area contributed by atoms with Crippen LogP contribution in [0.25, 0.3) is 0 Å². The number of nitrogens with one attached hydrogen (secondary N) is 1. The molecule has 1 N–H and O–H groups in total. The number of unbranched alkanes of at least 4 members (excludes halogenated alkanes) is 2. The Bertz CT molecular complexity index is 770. The lowest BCUT2D eigenvalue weighted by Crippen LogP contribution is -2.70. The zero-order valence-electron chi connectivity index (χ0n) is 15.8. The molecule has 28 heavy (non-hydrogen) atoms. The molecule has 0 amide bonds. The van der Waals surface area contributed by atoms with Gasteiger partial charge in [0.05, 0.1) is 0 Å². The molecule has 3 aromatic carbocycles. The number of carbonyl (C=O) groups excluding carboxylic acids is 1.